The van der Waals surface area contributed by atoms with Gasteiger partial charge in [0.25, 0.3) is 0 Å². The Kier molecular flexibility index (Phi) is 10.2. The number of nitrogens with one attached hydrogen (secondary N) is 2. The number of aliphatic hydroxyl groups is 1. The molecular formula is C12H23N3O5S2. The van der Waals surface area contributed by atoms with Crippen LogP contribution in [0.1, 0.15) is 13.3 Å². The van der Waals surface area contributed by atoms with Crippen LogP contribution in [0.15, 0.2) is 0 Å². The van der Waals surface area contributed by atoms with Crippen LogP contribution in [0.3, 0.4) is 0 Å². The number of carbonyl (C=O) groups is 3. The van der Waals surface area contributed by atoms with Crippen molar-refractivity contribution in [2.75, 3.05) is 17.8 Å². The summed E-state index contributed by atoms with van der Waals surface area (Å²) in [4.78, 5) is 34.9. The molecule has 0 saturated carbocycles. The predicted molar refractivity (Wildman–Crippen MR) is 88.0 cm³/mol. The number of aliphatic hydroxyl groups excluding tert-OH is 1. The molecule has 0 spiro atoms. The number of nitrogens with two attached hydrogens (primary N) is 1. The number of hydrogen-bond donors (Lipinski definition) is 6. The van der Waals surface area contributed by atoms with E-state index >= 15 is 0 Å². The lowest BCUT2D eigenvalue weighted by Crippen LogP contribution is -2.56. The Balaban J connectivity index is 4.84. The highest BCUT2D eigenvalue weighted by Gasteiger charge is 2.28. The Morgan fingerprint density at radius 2 is 1.77 bits per heavy atom. The molecule has 0 aliphatic rings. The van der Waals surface area contributed by atoms with Gasteiger partial charge in [0.15, 0.2) is 0 Å². The molecule has 10 heteroatoms. The van der Waals surface area contributed by atoms with Crippen molar-refractivity contribution in [1.82, 2.24) is 10.6 Å². The molecule has 0 aromatic rings. The molecule has 0 heterocycles. The molecule has 0 aliphatic carbocycles. The van der Waals surface area contributed by atoms with Crippen molar-refractivity contribution < 1.29 is 24.6 Å². The minimum Gasteiger partial charge on any atom is -0.480 e. The van der Waals surface area contributed by atoms with Crippen molar-refractivity contribution in [3.63, 3.8) is 0 Å². The van der Waals surface area contributed by atoms with Gasteiger partial charge in [-0.2, -0.15) is 24.4 Å². The van der Waals surface area contributed by atoms with Crippen LogP contribution in [0.5, 0.6) is 0 Å². The first-order valence-electron chi connectivity index (χ1n) is 6.61. The lowest BCUT2D eigenvalue weighted by atomic mass is 10.1. The third-order valence-corrected chi connectivity index (χ3v) is 3.87. The van der Waals surface area contributed by atoms with E-state index in [9.17, 15) is 19.5 Å². The van der Waals surface area contributed by atoms with Gasteiger partial charge in [-0.3, -0.25) is 9.59 Å². The highest BCUT2D eigenvalue weighted by molar-refractivity contribution is 7.98. The molecule has 0 aromatic heterocycles. The van der Waals surface area contributed by atoms with Gasteiger partial charge in [-0.15, -0.1) is 0 Å². The number of carbonyl (C=O) groups excluding carboxylic acids is 2. The van der Waals surface area contributed by atoms with Crippen molar-refractivity contribution in [3.05, 3.63) is 0 Å². The fraction of sp³-hybridized carbons (Fsp3) is 0.750. The van der Waals surface area contributed by atoms with Gasteiger partial charge in [0, 0.05) is 5.75 Å². The van der Waals surface area contributed by atoms with Crippen LogP contribution in [-0.4, -0.2) is 70.0 Å². The third-order valence-electron chi connectivity index (χ3n) is 2.86. The van der Waals surface area contributed by atoms with E-state index in [1.165, 1.54) is 18.7 Å². The summed E-state index contributed by atoms with van der Waals surface area (Å²) in [6.07, 6.45) is 1.09. The molecule has 0 radical (unpaired) electrons. The first kappa shape index (κ1) is 21.0. The van der Waals surface area contributed by atoms with E-state index in [0.29, 0.717) is 12.2 Å². The lowest BCUT2D eigenvalue weighted by molar-refractivity contribution is -0.141. The molecule has 0 fully saturated rings. The molecular weight excluding hydrogens is 330 g/mol. The molecule has 4 unspecified atom stereocenters. The number of thioether (sulfide) groups is 1. The maximum absolute atomic E-state index is 12.1. The topological polar surface area (TPSA) is 142 Å². The van der Waals surface area contributed by atoms with Gasteiger partial charge in [-0.05, 0) is 25.4 Å². The van der Waals surface area contributed by atoms with Gasteiger partial charge < -0.3 is 26.6 Å². The van der Waals surface area contributed by atoms with Gasteiger partial charge in [0.05, 0.1) is 6.10 Å². The Hall–Kier alpha value is -0.970. The van der Waals surface area contributed by atoms with Crippen LogP contribution in [0, 0.1) is 0 Å². The minimum atomic E-state index is -1.21. The van der Waals surface area contributed by atoms with Gasteiger partial charge in [0.1, 0.15) is 18.1 Å². The van der Waals surface area contributed by atoms with Gasteiger partial charge in [-0.25, -0.2) is 4.79 Å². The molecule has 8 nitrogen and oxygen atoms in total. The van der Waals surface area contributed by atoms with Crippen molar-refractivity contribution in [2.45, 2.75) is 37.6 Å². The van der Waals surface area contributed by atoms with E-state index in [1.54, 1.807) is 0 Å². The maximum atomic E-state index is 12.1. The summed E-state index contributed by atoms with van der Waals surface area (Å²) in [6.45, 7) is 1.36. The van der Waals surface area contributed by atoms with E-state index < -0.39 is 42.0 Å². The summed E-state index contributed by atoms with van der Waals surface area (Å²) in [7, 11) is 0. The standard InChI is InChI=1S/C12H23N3O5S2/c1-6(16)9(13)11(18)14-7(3-4-22-2)10(17)15-8(5-21)12(19)20/h6-9,16,21H,3-5,13H2,1-2H3,(H,14,18)(H,15,17)(H,19,20). The summed E-state index contributed by atoms with van der Waals surface area (Å²) in [5, 5.41) is 23.0. The van der Waals surface area contributed by atoms with Crippen molar-refractivity contribution in [1.29, 1.82) is 0 Å². The molecule has 22 heavy (non-hydrogen) atoms. The van der Waals surface area contributed by atoms with Crippen LogP contribution < -0.4 is 16.4 Å². The number of carboxylic acids is 1. The van der Waals surface area contributed by atoms with Crippen LogP contribution in [-0.2, 0) is 14.4 Å². The van der Waals surface area contributed by atoms with Crippen molar-refractivity contribution in [3.8, 4) is 0 Å². The molecule has 2 amide bonds. The highest BCUT2D eigenvalue weighted by atomic mass is 32.2. The first-order valence-corrected chi connectivity index (χ1v) is 8.64. The van der Waals surface area contributed by atoms with Crippen molar-refractivity contribution in [2.24, 2.45) is 5.73 Å². The summed E-state index contributed by atoms with van der Waals surface area (Å²) < 4.78 is 0. The Morgan fingerprint density at radius 1 is 1.23 bits per heavy atom. The quantitative estimate of drug-likeness (QED) is 0.261. The maximum Gasteiger partial charge on any atom is 0.327 e. The molecule has 0 saturated heterocycles. The van der Waals surface area contributed by atoms with E-state index in [2.05, 4.69) is 23.3 Å². The summed E-state index contributed by atoms with van der Waals surface area (Å²) in [5.41, 5.74) is 5.51. The van der Waals surface area contributed by atoms with Gasteiger partial charge >= 0.3 is 5.97 Å². The summed E-state index contributed by atoms with van der Waals surface area (Å²) >= 11 is 5.33. The first-order chi connectivity index (χ1) is 10.2. The minimum absolute atomic E-state index is 0.0720. The van der Waals surface area contributed by atoms with Gasteiger partial charge in [0.2, 0.25) is 11.8 Å². The second kappa shape index (κ2) is 10.7. The zero-order valence-electron chi connectivity index (χ0n) is 12.5. The molecule has 0 aliphatic heterocycles. The summed E-state index contributed by atoms with van der Waals surface area (Å²) in [6, 6.07) is -3.23. The molecule has 0 bridgehead atoms. The van der Waals surface area contributed by atoms with E-state index in [1.807, 2.05) is 6.26 Å². The normalized spacial score (nSPS) is 16.2. The second-order valence-electron chi connectivity index (χ2n) is 4.69. The molecule has 0 aromatic carbocycles. The predicted octanol–water partition coefficient (Wildman–Crippen LogP) is -1.57. The fourth-order valence-electron chi connectivity index (χ4n) is 1.45. The number of hydrogen-bond acceptors (Lipinski definition) is 7. The van der Waals surface area contributed by atoms with E-state index in [4.69, 9.17) is 10.8 Å². The Morgan fingerprint density at radius 3 is 2.18 bits per heavy atom. The fourth-order valence-corrected chi connectivity index (χ4v) is 2.17. The van der Waals surface area contributed by atoms with Crippen LogP contribution in [0.2, 0.25) is 0 Å². The third kappa shape index (κ3) is 7.34. The number of amides is 2. The molecule has 0 rings (SSSR count). The van der Waals surface area contributed by atoms with Crippen LogP contribution >= 0.6 is 24.4 Å². The number of thiol groups is 1. The average Bonchev–Trinajstić information content (AvgIpc) is 2.46. The molecule has 128 valence electrons. The van der Waals surface area contributed by atoms with Crippen LogP contribution in [0.4, 0.5) is 0 Å². The summed E-state index contributed by atoms with van der Waals surface area (Å²) in [5.74, 6) is -1.99. The molecule has 6 N–H and O–H groups in total. The number of rotatable bonds is 10. The number of carboxylic acid groups (broad SMARTS) is 1. The Labute approximate surface area is 139 Å². The lowest BCUT2D eigenvalue weighted by Gasteiger charge is -2.23. The monoisotopic (exact) mass is 353 g/mol. The molecule has 4 atom stereocenters. The zero-order chi connectivity index (χ0) is 17.3. The SMILES string of the molecule is CSCCC(NC(=O)C(N)C(C)O)C(=O)NC(CS)C(=O)O. The zero-order valence-corrected chi connectivity index (χ0v) is 14.2. The van der Waals surface area contributed by atoms with E-state index in [-0.39, 0.29) is 5.75 Å². The Bertz CT molecular complexity index is 395. The van der Waals surface area contributed by atoms with Gasteiger partial charge in [-0.1, -0.05) is 0 Å². The highest BCUT2D eigenvalue weighted by Crippen LogP contribution is 2.03. The average molecular weight is 353 g/mol. The smallest absolute Gasteiger partial charge is 0.327 e. The largest absolute Gasteiger partial charge is 0.480 e. The van der Waals surface area contributed by atoms with Crippen molar-refractivity contribution >= 4 is 42.2 Å². The van der Waals surface area contributed by atoms with E-state index in [0.717, 1.165) is 0 Å². The second-order valence-corrected chi connectivity index (χ2v) is 6.04. The number of aliphatic carboxylic acids is 1. The van der Waals surface area contributed by atoms with Crippen LogP contribution in [0.25, 0.3) is 0 Å².